The van der Waals surface area contributed by atoms with E-state index in [9.17, 15) is 14.4 Å². The molecule has 2 aromatic rings. The van der Waals surface area contributed by atoms with E-state index in [2.05, 4.69) is 10.6 Å². The highest BCUT2D eigenvalue weighted by atomic mass is 16.2. The van der Waals surface area contributed by atoms with Crippen molar-refractivity contribution in [3.05, 3.63) is 59.7 Å². The first-order valence-electron chi connectivity index (χ1n) is 9.98. The van der Waals surface area contributed by atoms with E-state index in [4.69, 9.17) is 0 Å². The lowest BCUT2D eigenvalue weighted by Crippen LogP contribution is -2.36. The number of hydrogen-bond donors (Lipinski definition) is 2. The fourth-order valence-corrected chi connectivity index (χ4v) is 3.75. The van der Waals surface area contributed by atoms with E-state index < -0.39 is 0 Å². The molecule has 0 atom stereocenters. The number of benzene rings is 2. The molecule has 2 aliphatic heterocycles. The lowest BCUT2D eigenvalue weighted by molar-refractivity contribution is 0.0725. The Labute approximate surface area is 169 Å². The summed E-state index contributed by atoms with van der Waals surface area (Å²) in [5.41, 5.74) is 2.23. The number of anilines is 2. The molecule has 0 radical (unpaired) electrons. The molecule has 29 heavy (non-hydrogen) atoms. The van der Waals surface area contributed by atoms with Crippen molar-refractivity contribution in [2.75, 3.05) is 36.4 Å². The monoisotopic (exact) mass is 392 g/mol. The number of piperidine rings is 1. The van der Waals surface area contributed by atoms with Crippen molar-refractivity contribution < 1.29 is 14.4 Å². The number of para-hydroxylation sites is 1. The van der Waals surface area contributed by atoms with Gasteiger partial charge in [-0.1, -0.05) is 12.1 Å². The Kier molecular flexibility index (Phi) is 5.46. The van der Waals surface area contributed by atoms with Crippen molar-refractivity contribution >= 4 is 29.2 Å². The van der Waals surface area contributed by atoms with E-state index >= 15 is 0 Å². The van der Waals surface area contributed by atoms with Crippen molar-refractivity contribution in [3.63, 3.8) is 0 Å². The van der Waals surface area contributed by atoms with Crippen molar-refractivity contribution in [1.29, 1.82) is 0 Å². The summed E-state index contributed by atoms with van der Waals surface area (Å²) < 4.78 is 0. The Bertz CT molecular complexity index is 920. The molecule has 2 N–H and O–H groups in total. The minimum atomic E-state index is -0.290. The summed E-state index contributed by atoms with van der Waals surface area (Å²) in [6.07, 6.45) is 3.18. The van der Waals surface area contributed by atoms with E-state index in [1.165, 1.54) is 0 Å². The highest BCUT2D eigenvalue weighted by Gasteiger charge is 2.23. The molecule has 2 fully saturated rings. The first kappa shape index (κ1) is 19.0. The van der Waals surface area contributed by atoms with Gasteiger partial charge < -0.3 is 15.5 Å². The van der Waals surface area contributed by atoms with Gasteiger partial charge in [-0.15, -0.1) is 0 Å². The van der Waals surface area contributed by atoms with Gasteiger partial charge in [0.25, 0.3) is 11.8 Å². The number of carbonyl (C=O) groups excluding carboxylic acids is 3. The number of amides is 4. The van der Waals surface area contributed by atoms with Crippen LogP contribution < -0.4 is 15.5 Å². The largest absolute Gasteiger partial charge is 0.339 e. The zero-order valence-corrected chi connectivity index (χ0v) is 16.2. The molecule has 7 heteroatoms. The molecule has 4 amide bonds. The molecule has 2 saturated heterocycles. The number of urea groups is 1. The lowest BCUT2D eigenvalue weighted by Gasteiger charge is -2.27. The molecule has 2 aromatic carbocycles. The van der Waals surface area contributed by atoms with Crippen molar-refractivity contribution in [2.45, 2.75) is 19.3 Å². The smallest absolute Gasteiger partial charge is 0.321 e. The third-order valence-corrected chi connectivity index (χ3v) is 5.35. The van der Waals surface area contributed by atoms with Gasteiger partial charge in [0, 0.05) is 37.4 Å². The van der Waals surface area contributed by atoms with E-state index in [0.29, 0.717) is 29.9 Å². The lowest BCUT2D eigenvalue weighted by atomic mass is 10.1. The maximum Gasteiger partial charge on any atom is 0.321 e. The number of hydrogen-bond acceptors (Lipinski definition) is 3. The predicted molar refractivity (Wildman–Crippen MR) is 111 cm³/mol. The molecule has 150 valence electrons. The van der Waals surface area contributed by atoms with Crippen molar-refractivity contribution in [1.82, 2.24) is 10.2 Å². The van der Waals surface area contributed by atoms with Crippen LogP contribution in [-0.4, -0.2) is 48.9 Å². The second kappa shape index (κ2) is 8.34. The zero-order valence-electron chi connectivity index (χ0n) is 16.2. The zero-order chi connectivity index (χ0) is 20.2. The van der Waals surface area contributed by atoms with E-state index in [1.54, 1.807) is 47.4 Å². The van der Waals surface area contributed by atoms with Gasteiger partial charge in [-0.05, 0) is 55.7 Å². The third-order valence-electron chi connectivity index (χ3n) is 5.35. The minimum Gasteiger partial charge on any atom is -0.339 e. The van der Waals surface area contributed by atoms with Gasteiger partial charge in [0.1, 0.15) is 0 Å². The van der Waals surface area contributed by atoms with Crippen LogP contribution in [0.3, 0.4) is 0 Å². The fraction of sp³-hybridized carbons (Fsp3) is 0.318. The highest BCUT2D eigenvalue weighted by Crippen LogP contribution is 2.22. The summed E-state index contributed by atoms with van der Waals surface area (Å²) in [6.45, 7) is 2.73. The van der Waals surface area contributed by atoms with E-state index in [1.807, 2.05) is 11.0 Å². The standard InChI is InChI=1S/C22H24N4O3/c27-20(16-8-10-17(11-9-16)26-15-12-23-22(26)29)24-19-7-3-2-6-18(19)21(28)25-13-4-1-5-14-25/h2-3,6-11H,1,4-5,12-15H2,(H,23,29)(H,24,27). The summed E-state index contributed by atoms with van der Waals surface area (Å²) in [5.74, 6) is -0.336. The van der Waals surface area contributed by atoms with Gasteiger partial charge in [-0.2, -0.15) is 0 Å². The molecule has 0 aromatic heterocycles. The summed E-state index contributed by atoms with van der Waals surface area (Å²) >= 11 is 0. The average molecular weight is 392 g/mol. The Morgan fingerprint density at radius 2 is 1.62 bits per heavy atom. The van der Waals surface area contributed by atoms with Crippen LogP contribution in [0.2, 0.25) is 0 Å². The molecule has 0 bridgehead atoms. The SMILES string of the molecule is O=C(Nc1ccccc1C(=O)N1CCCCC1)c1ccc(N2CCNC2=O)cc1. The average Bonchev–Trinajstić information content (AvgIpc) is 3.20. The molecule has 2 heterocycles. The van der Waals surface area contributed by atoms with Crippen LogP contribution in [0, 0.1) is 0 Å². The van der Waals surface area contributed by atoms with Gasteiger partial charge in [0.2, 0.25) is 0 Å². The van der Waals surface area contributed by atoms with Crippen molar-refractivity contribution in [2.24, 2.45) is 0 Å². The molecule has 2 aliphatic rings. The Balaban J connectivity index is 1.48. The quantitative estimate of drug-likeness (QED) is 0.839. The molecular weight excluding hydrogens is 368 g/mol. The second-order valence-electron chi connectivity index (χ2n) is 7.28. The maximum absolute atomic E-state index is 12.9. The van der Waals surface area contributed by atoms with Crippen LogP contribution in [0.15, 0.2) is 48.5 Å². The third kappa shape index (κ3) is 4.08. The Morgan fingerprint density at radius 1 is 0.897 bits per heavy atom. The van der Waals surface area contributed by atoms with Crippen LogP contribution in [-0.2, 0) is 0 Å². The van der Waals surface area contributed by atoms with Crippen LogP contribution in [0.5, 0.6) is 0 Å². The normalized spacial score (nSPS) is 16.5. The molecule has 7 nitrogen and oxygen atoms in total. The molecule has 4 rings (SSSR count). The van der Waals surface area contributed by atoms with Gasteiger partial charge >= 0.3 is 6.03 Å². The summed E-state index contributed by atoms with van der Waals surface area (Å²) in [6, 6.07) is 13.9. The summed E-state index contributed by atoms with van der Waals surface area (Å²) in [4.78, 5) is 40.9. The van der Waals surface area contributed by atoms with Crippen molar-refractivity contribution in [3.8, 4) is 0 Å². The second-order valence-corrected chi connectivity index (χ2v) is 7.28. The summed E-state index contributed by atoms with van der Waals surface area (Å²) in [7, 11) is 0. The van der Waals surface area contributed by atoms with E-state index in [-0.39, 0.29) is 17.8 Å². The Hall–Kier alpha value is -3.35. The Morgan fingerprint density at radius 3 is 2.31 bits per heavy atom. The number of likely N-dealkylation sites (tertiary alicyclic amines) is 1. The molecule has 0 saturated carbocycles. The van der Waals surface area contributed by atoms with Crippen LogP contribution in [0.4, 0.5) is 16.2 Å². The summed E-state index contributed by atoms with van der Waals surface area (Å²) in [5, 5.41) is 5.62. The van der Waals surface area contributed by atoms with Gasteiger partial charge in [-0.25, -0.2) is 4.79 Å². The first-order valence-corrected chi connectivity index (χ1v) is 9.98. The molecule has 0 spiro atoms. The maximum atomic E-state index is 12.9. The number of carbonyl (C=O) groups is 3. The number of nitrogens with one attached hydrogen (secondary N) is 2. The van der Waals surface area contributed by atoms with Gasteiger partial charge in [0.05, 0.1) is 11.3 Å². The minimum absolute atomic E-state index is 0.0454. The first-order chi connectivity index (χ1) is 14.1. The number of nitrogens with zero attached hydrogens (tertiary/aromatic N) is 2. The molecule has 0 aliphatic carbocycles. The van der Waals surface area contributed by atoms with Gasteiger partial charge in [0.15, 0.2) is 0 Å². The highest BCUT2D eigenvalue weighted by molar-refractivity contribution is 6.09. The van der Waals surface area contributed by atoms with E-state index in [0.717, 1.165) is 38.0 Å². The molecule has 0 unspecified atom stereocenters. The van der Waals surface area contributed by atoms with Crippen LogP contribution in [0.25, 0.3) is 0 Å². The van der Waals surface area contributed by atoms with Crippen LogP contribution in [0.1, 0.15) is 40.0 Å². The topological polar surface area (TPSA) is 81.8 Å². The number of rotatable bonds is 4. The molecular formula is C22H24N4O3. The van der Waals surface area contributed by atoms with Gasteiger partial charge in [-0.3, -0.25) is 14.5 Å². The predicted octanol–water partition coefficient (Wildman–Crippen LogP) is 3.09. The van der Waals surface area contributed by atoms with Crippen LogP contribution >= 0.6 is 0 Å². The fourth-order valence-electron chi connectivity index (χ4n) is 3.75.